The molecular formula is C23H26Cl2FN7O2. The molecule has 2 aromatic heterocycles. The normalized spacial score (nSPS) is 24.6. The van der Waals surface area contributed by atoms with Crippen LogP contribution in [-0.4, -0.2) is 42.7 Å². The molecule has 1 amide bonds. The van der Waals surface area contributed by atoms with Gasteiger partial charge in [-0.2, -0.15) is 4.98 Å². The molecule has 186 valence electrons. The van der Waals surface area contributed by atoms with Crippen molar-refractivity contribution in [2.45, 2.75) is 63.1 Å². The van der Waals surface area contributed by atoms with Gasteiger partial charge in [0.2, 0.25) is 17.8 Å². The summed E-state index contributed by atoms with van der Waals surface area (Å²) in [6.07, 6.45) is 6.29. The summed E-state index contributed by atoms with van der Waals surface area (Å²) in [7, 11) is 0. The van der Waals surface area contributed by atoms with E-state index in [0.29, 0.717) is 60.9 Å². The van der Waals surface area contributed by atoms with Crippen LogP contribution in [0.2, 0.25) is 10.0 Å². The quantitative estimate of drug-likeness (QED) is 0.373. The number of anilines is 3. The van der Waals surface area contributed by atoms with Crippen LogP contribution in [0.15, 0.2) is 18.3 Å². The average molecular weight is 522 g/mol. The number of carbonyl (C=O) groups excluding carboxylic acids is 1. The number of nitrogens with zero attached hydrogens (tertiary/aromatic N) is 4. The molecule has 35 heavy (non-hydrogen) atoms. The van der Waals surface area contributed by atoms with Crippen LogP contribution in [-0.2, 0) is 4.79 Å². The molecule has 0 aliphatic heterocycles. The molecule has 9 nitrogen and oxygen atoms in total. The third-order valence-corrected chi connectivity index (χ3v) is 7.48. The van der Waals surface area contributed by atoms with E-state index in [1.54, 1.807) is 6.20 Å². The van der Waals surface area contributed by atoms with Gasteiger partial charge in [-0.25, -0.2) is 14.4 Å². The first-order valence-corrected chi connectivity index (χ1v) is 12.4. The zero-order valence-corrected chi connectivity index (χ0v) is 20.4. The molecule has 0 saturated heterocycles. The number of hydrogen-bond donors (Lipinski definition) is 4. The smallest absolute Gasteiger partial charge is 0.224 e. The van der Waals surface area contributed by atoms with E-state index in [1.807, 2.05) is 4.57 Å². The summed E-state index contributed by atoms with van der Waals surface area (Å²) < 4.78 is 15.7. The minimum absolute atomic E-state index is 0.00727. The third kappa shape index (κ3) is 5.00. The molecule has 1 aromatic carbocycles. The Morgan fingerprint density at radius 2 is 1.83 bits per heavy atom. The second-order valence-corrected chi connectivity index (χ2v) is 10.1. The van der Waals surface area contributed by atoms with Crippen molar-refractivity contribution in [2.24, 2.45) is 11.7 Å². The van der Waals surface area contributed by atoms with E-state index < -0.39 is 5.82 Å². The maximum Gasteiger partial charge on any atom is 0.224 e. The van der Waals surface area contributed by atoms with E-state index in [4.69, 9.17) is 33.9 Å². The number of aromatic nitrogens is 4. The van der Waals surface area contributed by atoms with Crippen LogP contribution >= 0.6 is 23.2 Å². The van der Waals surface area contributed by atoms with E-state index in [9.17, 15) is 14.3 Å². The molecule has 0 radical (unpaired) electrons. The fourth-order valence-electron chi connectivity index (χ4n) is 5.06. The van der Waals surface area contributed by atoms with Crippen molar-refractivity contribution in [2.75, 3.05) is 10.6 Å². The second kappa shape index (κ2) is 9.75. The lowest BCUT2D eigenvalue weighted by molar-refractivity contribution is -0.122. The number of aliphatic hydroxyl groups is 1. The third-order valence-electron chi connectivity index (χ3n) is 6.88. The van der Waals surface area contributed by atoms with E-state index in [2.05, 4.69) is 20.6 Å². The lowest BCUT2D eigenvalue weighted by atomic mass is 9.85. The van der Waals surface area contributed by atoms with Gasteiger partial charge in [0.05, 0.1) is 28.0 Å². The first-order chi connectivity index (χ1) is 16.8. The van der Waals surface area contributed by atoms with Gasteiger partial charge in [-0.3, -0.25) is 9.36 Å². The Balaban J connectivity index is 1.52. The van der Waals surface area contributed by atoms with Gasteiger partial charge in [0.1, 0.15) is 11.3 Å². The van der Waals surface area contributed by atoms with Gasteiger partial charge in [0, 0.05) is 18.0 Å². The summed E-state index contributed by atoms with van der Waals surface area (Å²) in [5.74, 6) is -0.0788. The summed E-state index contributed by atoms with van der Waals surface area (Å²) >= 11 is 12.5. The lowest BCUT2D eigenvalue weighted by Gasteiger charge is -2.29. The van der Waals surface area contributed by atoms with Crippen LogP contribution in [0.5, 0.6) is 0 Å². The molecule has 5 rings (SSSR count). The number of hydrogen-bond acceptors (Lipinski definition) is 7. The van der Waals surface area contributed by atoms with Crippen LogP contribution in [0.25, 0.3) is 11.2 Å². The zero-order chi connectivity index (χ0) is 24.7. The van der Waals surface area contributed by atoms with Gasteiger partial charge in [-0.05, 0) is 57.1 Å². The first kappa shape index (κ1) is 24.0. The van der Waals surface area contributed by atoms with Crippen LogP contribution in [0, 0.1) is 11.7 Å². The maximum atomic E-state index is 13.7. The monoisotopic (exact) mass is 521 g/mol. The lowest BCUT2D eigenvalue weighted by Crippen LogP contribution is -2.29. The van der Waals surface area contributed by atoms with E-state index in [0.717, 1.165) is 12.8 Å². The number of imidazole rings is 1. The minimum atomic E-state index is -0.539. The highest BCUT2D eigenvalue weighted by Crippen LogP contribution is 2.39. The molecule has 2 heterocycles. The Hall–Kier alpha value is -2.69. The SMILES string of the molecule is NC(=O)C1CCC(n2c(Nc3c(Cl)cc(F)cc3Cl)nc3cnc(N[C@@H]4CC[C@@H](O)C4)nc32)CC1. The van der Waals surface area contributed by atoms with E-state index in [1.165, 1.54) is 12.1 Å². The minimum Gasteiger partial charge on any atom is -0.393 e. The number of carbonyl (C=O) groups is 1. The average Bonchev–Trinajstić information content (AvgIpc) is 3.38. The molecule has 2 aliphatic carbocycles. The molecule has 2 saturated carbocycles. The van der Waals surface area contributed by atoms with Crippen molar-refractivity contribution in [3.8, 4) is 0 Å². The van der Waals surface area contributed by atoms with Crippen LogP contribution in [0.4, 0.5) is 22.0 Å². The van der Waals surface area contributed by atoms with Gasteiger partial charge in [-0.1, -0.05) is 23.2 Å². The number of nitrogens with one attached hydrogen (secondary N) is 2. The van der Waals surface area contributed by atoms with Gasteiger partial charge in [0.15, 0.2) is 5.65 Å². The maximum absolute atomic E-state index is 13.7. The van der Waals surface area contributed by atoms with Crippen molar-refractivity contribution in [1.82, 2.24) is 19.5 Å². The van der Waals surface area contributed by atoms with Crippen molar-refractivity contribution in [3.63, 3.8) is 0 Å². The summed E-state index contributed by atoms with van der Waals surface area (Å²) in [5, 5.41) is 16.6. The number of nitrogens with two attached hydrogens (primary N) is 1. The molecule has 3 aromatic rings. The molecule has 0 unspecified atom stereocenters. The molecule has 2 fully saturated rings. The molecule has 2 aliphatic rings. The summed E-state index contributed by atoms with van der Waals surface area (Å²) in [5.41, 5.74) is 7.04. The molecule has 5 N–H and O–H groups in total. The Labute approximate surface area is 211 Å². The topological polar surface area (TPSA) is 131 Å². The van der Waals surface area contributed by atoms with Gasteiger partial charge in [-0.15, -0.1) is 0 Å². The predicted molar refractivity (Wildman–Crippen MR) is 132 cm³/mol. The number of rotatable bonds is 6. The Morgan fingerprint density at radius 1 is 1.11 bits per heavy atom. The molecule has 12 heteroatoms. The number of benzene rings is 1. The molecule has 0 bridgehead atoms. The van der Waals surface area contributed by atoms with Crippen molar-refractivity contribution >= 4 is 57.9 Å². The number of primary amides is 1. The second-order valence-electron chi connectivity index (χ2n) is 9.29. The number of fused-ring (bicyclic) bond motifs is 1. The molecule has 2 atom stereocenters. The van der Waals surface area contributed by atoms with Gasteiger partial charge in [0.25, 0.3) is 0 Å². The van der Waals surface area contributed by atoms with Crippen LogP contribution in [0.3, 0.4) is 0 Å². The van der Waals surface area contributed by atoms with Crippen LogP contribution < -0.4 is 16.4 Å². The highest BCUT2D eigenvalue weighted by atomic mass is 35.5. The Bertz CT molecular complexity index is 1240. The Morgan fingerprint density at radius 3 is 2.46 bits per heavy atom. The standard InChI is InChI=1S/C23H26Cl2FN7O2/c24-16-7-12(26)8-17(25)19(16)31-23-30-18-10-28-22(29-13-3-6-15(34)9-13)32-21(18)33(23)14-4-1-11(2-5-14)20(27)35/h7-8,10-11,13-15,34H,1-6,9H2,(H2,27,35)(H,30,31)(H,28,29,32)/t11?,13-,14?,15-/m1/s1. The Kier molecular flexibility index (Phi) is 6.69. The number of amides is 1. The van der Waals surface area contributed by atoms with Crippen molar-refractivity contribution in [3.05, 3.63) is 34.2 Å². The fourth-order valence-corrected chi connectivity index (χ4v) is 5.61. The largest absolute Gasteiger partial charge is 0.393 e. The zero-order valence-electron chi connectivity index (χ0n) is 18.8. The van der Waals surface area contributed by atoms with Crippen molar-refractivity contribution < 1.29 is 14.3 Å². The van der Waals surface area contributed by atoms with E-state index in [-0.39, 0.29) is 40.1 Å². The van der Waals surface area contributed by atoms with Crippen molar-refractivity contribution in [1.29, 1.82) is 0 Å². The molecular weight excluding hydrogens is 496 g/mol. The summed E-state index contributed by atoms with van der Waals surface area (Å²) in [6, 6.07) is 2.45. The number of halogens is 3. The highest BCUT2D eigenvalue weighted by Gasteiger charge is 2.30. The summed E-state index contributed by atoms with van der Waals surface area (Å²) in [4.78, 5) is 25.5. The van der Waals surface area contributed by atoms with Crippen LogP contribution in [0.1, 0.15) is 51.0 Å². The van der Waals surface area contributed by atoms with E-state index >= 15 is 0 Å². The predicted octanol–water partition coefficient (Wildman–Crippen LogP) is 4.56. The molecule has 0 spiro atoms. The number of aliphatic hydroxyl groups excluding tert-OH is 1. The van der Waals surface area contributed by atoms with Gasteiger partial charge >= 0.3 is 0 Å². The summed E-state index contributed by atoms with van der Waals surface area (Å²) in [6.45, 7) is 0. The van der Waals surface area contributed by atoms with Gasteiger partial charge < -0.3 is 21.5 Å². The fraction of sp³-hybridized carbons (Fsp3) is 0.478. The highest BCUT2D eigenvalue weighted by molar-refractivity contribution is 6.39. The first-order valence-electron chi connectivity index (χ1n) is 11.7.